The Balaban J connectivity index is 0. The summed E-state index contributed by atoms with van der Waals surface area (Å²) in [6.07, 6.45) is 2.64. The lowest BCUT2D eigenvalue weighted by atomic mass is 10.2. The average molecular weight is 167 g/mol. The van der Waals surface area contributed by atoms with Gasteiger partial charge in [0.25, 0.3) is 0 Å². The van der Waals surface area contributed by atoms with Gasteiger partial charge in [-0.1, -0.05) is 62.6 Å². The molecule has 0 aliphatic rings. The third-order valence-electron chi connectivity index (χ3n) is 1.44. The zero-order valence-electron chi connectivity index (χ0n) is 8.25. The van der Waals surface area contributed by atoms with E-state index in [0.29, 0.717) is 0 Å². The number of rotatable bonds is 1. The van der Waals surface area contributed by atoms with Gasteiger partial charge < -0.3 is 0 Å². The van der Waals surface area contributed by atoms with Crippen LogP contribution in [0.2, 0.25) is 0 Å². The number of hydrogen-bond donors (Lipinski definition) is 1. The highest BCUT2D eigenvalue weighted by molar-refractivity contribution is 5.11. The molecule has 1 nitrogen and oxygen atoms in total. The molecule has 0 spiro atoms. The first kappa shape index (κ1) is 13.7. The Hall–Kier alpha value is -0.820. The molecule has 0 saturated heterocycles. The van der Waals surface area contributed by atoms with Crippen molar-refractivity contribution >= 4 is 0 Å². The van der Waals surface area contributed by atoms with Crippen molar-refractivity contribution < 1.29 is 5.48 Å². The van der Waals surface area contributed by atoms with Gasteiger partial charge in [0.2, 0.25) is 0 Å². The van der Waals surface area contributed by atoms with E-state index in [4.69, 9.17) is 0 Å². The number of aryl methyl sites for hydroxylation is 1. The lowest BCUT2D eigenvalue weighted by Crippen LogP contribution is -1.62. The second-order valence-corrected chi connectivity index (χ2v) is 2.65. The predicted octanol–water partition coefficient (Wildman–Crippen LogP) is 3.62. The van der Waals surface area contributed by atoms with Crippen molar-refractivity contribution in [1.82, 2.24) is 0 Å². The monoisotopic (exact) mass is 167 g/mol. The minimum atomic E-state index is 0. The fraction of sp³-hybridized carbons (Fsp3) is 0.455. The van der Waals surface area contributed by atoms with E-state index in [-0.39, 0.29) is 5.48 Å². The van der Waals surface area contributed by atoms with Gasteiger partial charge >= 0.3 is 0 Å². The van der Waals surface area contributed by atoms with E-state index in [1.165, 1.54) is 18.4 Å². The highest BCUT2D eigenvalue weighted by atomic mass is 16.0. The summed E-state index contributed by atoms with van der Waals surface area (Å²) in [5.74, 6) is 0. The Kier molecular flexibility index (Phi) is 11.7. The van der Waals surface area contributed by atoms with Crippen LogP contribution >= 0.6 is 0 Å². The minimum absolute atomic E-state index is 0. The molecule has 0 bridgehead atoms. The molecule has 0 atom stereocenters. The van der Waals surface area contributed by atoms with Gasteiger partial charge in [0, 0.05) is 0 Å². The van der Waals surface area contributed by atoms with Crippen LogP contribution in [0.1, 0.15) is 32.3 Å². The zero-order chi connectivity index (χ0) is 8.53. The Morgan fingerprint density at radius 3 is 1.50 bits per heavy atom. The molecule has 0 aliphatic heterocycles. The predicted molar refractivity (Wildman–Crippen MR) is 53.7 cm³/mol. The van der Waals surface area contributed by atoms with Crippen molar-refractivity contribution in [3.63, 3.8) is 0 Å². The molecule has 1 aromatic carbocycles. The number of benzene rings is 1. The van der Waals surface area contributed by atoms with Gasteiger partial charge in [0.1, 0.15) is 0 Å². The van der Waals surface area contributed by atoms with Gasteiger partial charge in [-0.3, -0.25) is 5.48 Å². The van der Waals surface area contributed by atoms with Crippen molar-refractivity contribution in [3.8, 4) is 0 Å². The smallest absolute Gasteiger partial charge is 0.0398 e. The van der Waals surface area contributed by atoms with E-state index < -0.39 is 0 Å². The highest BCUT2D eigenvalue weighted by Gasteiger charge is 1.72. The number of hydrogen-bond acceptors (Lipinski definition) is 0. The van der Waals surface area contributed by atoms with Crippen LogP contribution in [0.15, 0.2) is 30.3 Å². The second-order valence-electron chi connectivity index (χ2n) is 2.65. The third kappa shape index (κ3) is 9.18. The van der Waals surface area contributed by atoms with Crippen LogP contribution < -0.4 is 0 Å². The normalized spacial score (nSPS) is 7.58. The maximum absolute atomic E-state index is 2.18. The molecule has 1 aromatic rings. The van der Waals surface area contributed by atoms with Crippen LogP contribution in [0.3, 0.4) is 0 Å². The van der Waals surface area contributed by atoms with Crippen LogP contribution in [0.25, 0.3) is 0 Å². The minimum Gasteiger partial charge on any atom is -0.255 e. The Labute approximate surface area is 75.7 Å². The maximum atomic E-state index is 2.18. The van der Waals surface area contributed by atoms with Gasteiger partial charge in [-0.15, -0.1) is 0 Å². The van der Waals surface area contributed by atoms with Crippen molar-refractivity contribution in [2.75, 3.05) is 0 Å². The SMILES string of the molecule is CCCC.Cc1ccccc1.[OH]. The molecule has 1 radical (unpaired) electrons. The molecule has 0 unspecified atom stereocenters. The molecule has 0 aliphatic carbocycles. The molecule has 0 aromatic heterocycles. The van der Waals surface area contributed by atoms with E-state index >= 15 is 0 Å². The van der Waals surface area contributed by atoms with E-state index in [1.807, 2.05) is 18.2 Å². The first-order valence-corrected chi connectivity index (χ1v) is 4.32. The third-order valence-corrected chi connectivity index (χ3v) is 1.44. The molecule has 0 heterocycles. The molecule has 0 amide bonds. The average Bonchev–Trinajstić information content (AvgIpc) is 2.07. The Morgan fingerprint density at radius 2 is 1.33 bits per heavy atom. The van der Waals surface area contributed by atoms with Gasteiger partial charge in [0.05, 0.1) is 0 Å². The van der Waals surface area contributed by atoms with Crippen molar-refractivity contribution in [3.05, 3.63) is 35.9 Å². The van der Waals surface area contributed by atoms with Crippen LogP contribution in [0.4, 0.5) is 0 Å². The molecular weight excluding hydrogens is 148 g/mol. The molecule has 0 saturated carbocycles. The first-order chi connectivity index (χ1) is 5.31. The van der Waals surface area contributed by atoms with Crippen LogP contribution in [0.5, 0.6) is 0 Å². The van der Waals surface area contributed by atoms with Gasteiger partial charge in [0.15, 0.2) is 0 Å². The molecule has 0 fully saturated rings. The standard InChI is InChI=1S/C7H8.C4H10.HO/c1-7-5-3-2-4-6-7;1-3-4-2;/h2-6H,1H3;3-4H2,1-2H3;1H. The summed E-state index contributed by atoms with van der Waals surface area (Å²) in [5, 5.41) is 0. The highest BCUT2D eigenvalue weighted by Crippen LogP contribution is 1.92. The molecule has 69 valence electrons. The lowest BCUT2D eigenvalue weighted by molar-refractivity contribution is 0.824. The fourth-order valence-corrected chi connectivity index (χ4v) is 0.534. The van der Waals surface area contributed by atoms with Crippen molar-refractivity contribution in [2.45, 2.75) is 33.6 Å². The first-order valence-electron chi connectivity index (χ1n) is 4.32. The quantitative estimate of drug-likeness (QED) is 0.662. The Morgan fingerprint density at radius 1 is 0.917 bits per heavy atom. The van der Waals surface area contributed by atoms with Gasteiger partial charge in [-0.25, -0.2) is 0 Å². The van der Waals surface area contributed by atoms with E-state index in [0.717, 1.165) is 0 Å². The fourth-order valence-electron chi connectivity index (χ4n) is 0.534. The van der Waals surface area contributed by atoms with Gasteiger partial charge in [-0.05, 0) is 6.92 Å². The summed E-state index contributed by atoms with van der Waals surface area (Å²) in [5.41, 5.74) is 1.32. The molecular formula is C11H19O. The summed E-state index contributed by atoms with van der Waals surface area (Å²) in [7, 11) is 0. The summed E-state index contributed by atoms with van der Waals surface area (Å²) in [4.78, 5) is 0. The largest absolute Gasteiger partial charge is 0.255 e. The summed E-state index contributed by atoms with van der Waals surface area (Å²) in [6.45, 7) is 6.44. The lowest BCUT2D eigenvalue weighted by Gasteiger charge is -1.82. The summed E-state index contributed by atoms with van der Waals surface area (Å²) >= 11 is 0. The molecule has 12 heavy (non-hydrogen) atoms. The van der Waals surface area contributed by atoms with E-state index in [2.05, 4.69) is 32.9 Å². The van der Waals surface area contributed by atoms with Crippen molar-refractivity contribution in [2.24, 2.45) is 0 Å². The second kappa shape index (κ2) is 10.2. The topological polar surface area (TPSA) is 30.0 Å². The van der Waals surface area contributed by atoms with Crippen LogP contribution in [0, 0.1) is 6.92 Å². The van der Waals surface area contributed by atoms with Crippen LogP contribution in [-0.4, -0.2) is 5.48 Å². The van der Waals surface area contributed by atoms with Crippen LogP contribution in [-0.2, 0) is 0 Å². The van der Waals surface area contributed by atoms with E-state index in [9.17, 15) is 0 Å². The van der Waals surface area contributed by atoms with Gasteiger partial charge in [-0.2, -0.15) is 0 Å². The molecule has 1 heteroatoms. The molecule has 1 N–H and O–H groups in total. The summed E-state index contributed by atoms with van der Waals surface area (Å²) in [6, 6.07) is 10.3. The zero-order valence-corrected chi connectivity index (χ0v) is 8.25. The van der Waals surface area contributed by atoms with Crippen molar-refractivity contribution in [1.29, 1.82) is 0 Å². The van der Waals surface area contributed by atoms with E-state index in [1.54, 1.807) is 0 Å². The Bertz CT molecular complexity index is 156. The number of unbranched alkanes of at least 4 members (excludes halogenated alkanes) is 1. The summed E-state index contributed by atoms with van der Waals surface area (Å²) < 4.78 is 0. The maximum Gasteiger partial charge on any atom is -0.0398 e. The molecule has 1 rings (SSSR count).